The summed E-state index contributed by atoms with van der Waals surface area (Å²) in [4.78, 5) is 4.06. The van der Waals surface area contributed by atoms with E-state index in [0.717, 1.165) is 0 Å². The SMILES string of the molecule is CCS(=O)(=O)c1ccc(N=C(N)N)cc1. The van der Waals surface area contributed by atoms with Crippen molar-refractivity contribution in [3.05, 3.63) is 24.3 Å². The maximum Gasteiger partial charge on any atom is 0.191 e. The van der Waals surface area contributed by atoms with Gasteiger partial charge in [-0.1, -0.05) is 6.92 Å². The van der Waals surface area contributed by atoms with Crippen LogP contribution in [0.1, 0.15) is 6.92 Å². The molecule has 4 N–H and O–H groups in total. The van der Waals surface area contributed by atoms with Crippen molar-refractivity contribution < 1.29 is 8.42 Å². The Kier molecular flexibility index (Phi) is 3.31. The fourth-order valence-electron chi connectivity index (χ4n) is 1.04. The van der Waals surface area contributed by atoms with Gasteiger partial charge in [0, 0.05) is 0 Å². The van der Waals surface area contributed by atoms with Crippen LogP contribution < -0.4 is 11.5 Å². The third-order valence-corrected chi connectivity index (χ3v) is 3.58. The van der Waals surface area contributed by atoms with Crippen LogP contribution in [0.15, 0.2) is 34.2 Å². The summed E-state index contributed by atoms with van der Waals surface area (Å²) in [5.41, 5.74) is 10.9. The summed E-state index contributed by atoms with van der Waals surface area (Å²) in [6.07, 6.45) is 0. The van der Waals surface area contributed by atoms with Crippen molar-refractivity contribution in [1.82, 2.24) is 0 Å². The van der Waals surface area contributed by atoms with Crippen molar-refractivity contribution in [3.63, 3.8) is 0 Å². The Labute approximate surface area is 88.7 Å². The normalized spacial score (nSPS) is 11.0. The zero-order valence-electron chi connectivity index (χ0n) is 8.34. The third-order valence-electron chi connectivity index (χ3n) is 1.83. The summed E-state index contributed by atoms with van der Waals surface area (Å²) in [7, 11) is -3.15. The predicted octanol–water partition coefficient (Wildman–Crippen LogP) is 0.385. The molecule has 0 aliphatic rings. The molecule has 5 nitrogen and oxygen atoms in total. The number of guanidine groups is 1. The lowest BCUT2D eigenvalue weighted by atomic mass is 10.3. The molecule has 0 unspecified atom stereocenters. The monoisotopic (exact) mass is 227 g/mol. The van der Waals surface area contributed by atoms with Gasteiger partial charge in [0.05, 0.1) is 16.3 Å². The van der Waals surface area contributed by atoms with Crippen molar-refractivity contribution in [1.29, 1.82) is 0 Å². The van der Waals surface area contributed by atoms with Gasteiger partial charge in [-0.2, -0.15) is 0 Å². The Morgan fingerprint density at radius 3 is 2.20 bits per heavy atom. The Hall–Kier alpha value is -1.56. The van der Waals surface area contributed by atoms with E-state index in [-0.39, 0.29) is 16.6 Å². The summed E-state index contributed by atoms with van der Waals surface area (Å²) >= 11 is 0. The molecule has 0 aliphatic heterocycles. The van der Waals surface area contributed by atoms with E-state index in [2.05, 4.69) is 4.99 Å². The summed E-state index contributed by atoms with van der Waals surface area (Å²) in [6, 6.07) is 6.09. The molecule has 0 heterocycles. The number of nitrogens with two attached hydrogens (primary N) is 2. The average Bonchev–Trinajstić information content (AvgIpc) is 2.18. The zero-order chi connectivity index (χ0) is 11.5. The Morgan fingerprint density at radius 2 is 1.80 bits per heavy atom. The van der Waals surface area contributed by atoms with Crippen LogP contribution in [0.4, 0.5) is 5.69 Å². The first-order valence-electron chi connectivity index (χ1n) is 4.38. The first-order chi connectivity index (χ1) is 6.95. The van der Waals surface area contributed by atoms with Crippen molar-refractivity contribution in [2.75, 3.05) is 5.75 Å². The van der Waals surface area contributed by atoms with Gasteiger partial charge in [-0.25, -0.2) is 13.4 Å². The topological polar surface area (TPSA) is 98.5 Å². The van der Waals surface area contributed by atoms with Crippen molar-refractivity contribution in [2.45, 2.75) is 11.8 Å². The Balaban J connectivity index is 3.06. The molecule has 6 heteroatoms. The summed E-state index contributed by atoms with van der Waals surface area (Å²) in [5.74, 6) is 0.0235. The number of benzene rings is 1. The smallest absolute Gasteiger partial charge is 0.191 e. The van der Waals surface area contributed by atoms with Crippen LogP contribution in [-0.2, 0) is 9.84 Å². The van der Waals surface area contributed by atoms with Gasteiger partial charge in [0.2, 0.25) is 0 Å². The zero-order valence-corrected chi connectivity index (χ0v) is 9.16. The molecule has 1 rings (SSSR count). The molecule has 15 heavy (non-hydrogen) atoms. The van der Waals surface area contributed by atoms with Crippen LogP contribution in [0.25, 0.3) is 0 Å². The van der Waals surface area contributed by atoms with Crippen LogP contribution >= 0.6 is 0 Å². The van der Waals surface area contributed by atoms with Crippen LogP contribution in [0.2, 0.25) is 0 Å². The molecule has 0 bridgehead atoms. The predicted molar refractivity (Wildman–Crippen MR) is 59.6 cm³/mol. The molecule has 0 aliphatic carbocycles. The fraction of sp³-hybridized carbons (Fsp3) is 0.222. The maximum atomic E-state index is 11.4. The summed E-state index contributed by atoms with van der Waals surface area (Å²) in [5, 5.41) is 0. The number of nitrogens with zero attached hydrogens (tertiary/aromatic N) is 1. The first-order valence-corrected chi connectivity index (χ1v) is 6.03. The van der Waals surface area contributed by atoms with Gasteiger partial charge in [0.1, 0.15) is 0 Å². The number of rotatable bonds is 3. The van der Waals surface area contributed by atoms with E-state index in [1.54, 1.807) is 19.1 Å². The lowest BCUT2D eigenvalue weighted by Crippen LogP contribution is -2.21. The molecule has 0 amide bonds. The van der Waals surface area contributed by atoms with Gasteiger partial charge in [0.25, 0.3) is 0 Å². The van der Waals surface area contributed by atoms with Gasteiger partial charge < -0.3 is 11.5 Å². The minimum absolute atomic E-state index is 0.0545. The highest BCUT2D eigenvalue weighted by molar-refractivity contribution is 7.91. The molecule has 0 radical (unpaired) electrons. The number of hydrogen-bond acceptors (Lipinski definition) is 3. The largest absolute Gasteiger partial charge is 0.370 e. The molecule has 1 aromatic rings. The Bertz CT molecular complexity index is 459. The van der Waals surface area contributed by atoms with Crippen LogP contribution in [0, 0.1) is 0 Å². The molecule has 1 aromatic carbocycles. The van der Waals surface area contributed by atoms with Crippen LogP contribution in [0.3, 0.4) is 0 Å². The van der Waals surface area contributed by atoms with E-state index in [4.69, 9.17) is 11.5 Å². The van der Waals surface area contributed by atoms with Crippen molar-refractivity contribution in [3.8, 4) is 0 Å². The molecular weight excluding hydrogens is 214 g/mol. The van der Waals surface area contributed by atoms with E-state index in [1.807, 2.05) is 0 Å². The second-order valence-corrected chi connectivity index (χ2v) is 5.21. The molecule has 0 atom stereocenters. The second-order valence-electron chi connectivity index (χ2n) is 2.93. The average molecular weight is 227 g/mol. The molecule has 0 spiro atoms. The summed E-state index contributed by atoms with van der Waals surface area (Å²) < 4.78 is 22.9. The number of hydrogen-bond donors (Lipinski definition) is 2. The van der Waals surface area contributed by atoms with Gasteiger partial charge in [-0.3, -0.25) is 0 Å². The highest BCUT2D eigenvalue weighted by atomic mass is 32.2. The minimum Gasteiger partial charge on any atom is -0.370 e. The Morgan fingerprint density at radius 1 is 1.27 bits per heavy atom. The van der Waals surface area contributed by atoms with Crippen LogP contribution in [0.5, 0.6) is 0 Å². The molecule has 82 valence electrons. The maximum absolute atomic E-state index is 11.4. The van der Waals surface area contributed by atoms with E-state index in [1.165, 1.54) is 12.1 Å². The molecule has 0 fully saturated rings. The molecule has 0 aromatic heterocycles. The van der Waals surface area contributed by atoms with E-state index >= 15 is 0 Å². The molecular formula is C9H13N3O2S. The number of aliphatic imine (C=N–C) groups is 1. The highest BCUT2D eigenvalue weighted by Gasteiger charge is 2.10. The van der Waals surface area contributed by atoms with Gasteiger partial charge >= 0.3 is 0 Å². The van der Waals surface area contributed by atoms with E-state index in [0.29, 0.717) is 5.69 Å². The van der Waals surface area contributed by atoms with E-state index in [9.17, 15) is 8.42 Å². The minimum atomic E-state index is -3.15. The van der Waals surface area contributed by atoms with Crippen molar-refractivity contribution in [2.24, 2.45) is 16.5 Å². The summed E-state index contributed by atoms with van der Waals surface area (Å²) in [6.45, 7) is 1.60. The third kappa shape index (κ3) is 2.95. The lowest BCUT2D eigenvalue weighted by molar-refractivity contribution is 0.597. The highest BCUT2D eigenvalue weighted by Crippen LogP contribution is 2.17. The molecule has 0 saturated carbocycles. The quantitative estimate of drug-likeness (QED) is 0.576. The number of sulfone groups is 1. The van der Waals surface area contributed by atoms with Crippen molar-refractivity contribution >= 4 is 21.5 Å². The fourth-order valence-corrected chi connectivity index (χ4v) is 1.93. The van der Waals surface area contributed by atoms with Gasteiger partial charge in [-0.15, -0.1) is 0 Å². The van der Waals surface area contributed by atoms with Crippen LogP contribution in [-0.4, -0.2) is 20.1 Å². The standard InChI is InChI=1S/C9H13N3O2S/c1-2-15(13,14)8-5-3-7(4-6-8)12-9(10)11/h3-6H,2H2,1H3,(H4,10,11,12). The van der Waals surface area contributed by atoms with E-state index < -0.39 is 9.84 Å². The van der Waals surface area contributed by atoms with Gasteiger partial charge in [0.15, 0.2) is 15.8 Å². The molecule has 0 saturated heterocycles. The lowest BCUT2D eigenvalue weighted by Gasteiger charge is -2.01. The van der Waals surface area contributed by atoms with Gasteiger partial charge in [-0.05, 0) is 24.3 Å². The second kappa shape index (κ2) is 4.31. The first kappa shape index (κ1) is 11.5.